The van der Waals surface area contributed by atoms with E-state index in [1.807, 2.05) is 0 Å². The Kier molecular flexibility index (Phi) is 5.48. The second kappa shape index (κ2) is 6.95. The highest BCUT2D eigenvalue weighted by Crippen LogP contribution is 2.41. The average molecular weight is 309 g/mol. The van der Waals surface area contributed by atoms with Crippen molar-refractivity contribution in [2.45, 2.75) is 37.8 Å². The van der Waals surface area contributed by atoms with Gasteiger partial charge in [0.05, 0.1) is 5.66 Å². The van der Waals surface area contributed by atoms with E-state index in [1.54, 1.807) is 7.11 Å². The third kappa shape index (κ3) is 4.09. The van der Waals surface area contributed by atoms with E-state index in [2.05, 4.69) is 36.6 Å². The smallest absolute Gasteiger partial charge is 0.0923 e. The number of rotatable bonds is 6. The normalized spacial score (nSPS) is 30.3. The number of hydrogen-bond donors (Lipinski definition) is 2. The molecule has 0 radical (unpaired) electrons. The minimum Gasteiger partial charge on any atom is -0.399 e. The first-order valence-corrected chi connectivity index (χ1v) is 9.48. The summed E-state index contributed by atoms with van der Waals surface area (Å²) in [7, 11) is 1.54. The Hall–Kier alpha value is -0.830. The van der Waals surface area contributed by atoms with Gasteiger partial charge in [-0.1, -0.05) is 12.7 Å². The van der Waals surface area contributed by atoms with Gasteiger partial charge in [-0.05, 0) is 56.4 Å². The van der Waals surface area contributed by atoms with E-state index in [4.69, 9.17) is 16.0 Å². The summed E-state index contributed by atoms with van der Waals surface area (Å²) in [5.41, 5.74) is 13.9. The van der Waals surface area contributed by atoms with Crippen molar-refractivity contribution in [3.8, 4) is 0 Å². The van der Waals surface area contributed by atoms with E-state index in [0.29, 0.717) is 11.6 Å². The predicted octanol–water partition coefficient (Wildman–Crippen LogP) is 3.08. The van der Waals surface area contributed by atoms with Gasteiger partial charge in [0, 0.05) is 33.4 Å². The van der Waals surface area contributed by atoms with Crippen LogP contribution in [-0.2, 0) is 4.52 Å². The number of nitrogens with zero attached hydrogens (tertiary/aromatic N) is 1. The molecule has 118 valence electrons. The van der Waals surface area contributed by atoms with Crippen LogP contribution in [0.5, 0.6) is 0 Å². The maximum absolute atomic E-state index is 6.66. The van der Waals surface area contributed by atoms with Gasteiger partial charge in [-0.3, -0.25) is 0 Å². The lowest BCUT2D eigenvalue weighted by molar-refractivity contribution is 0.205. The molecule has 0 saturated heterocycles. The standard InChI is InChI=1S/C16H28N3OP/c1-13(17)15-5-4-9-19(12-15)16(18)8-6-14(11-16)7-10-21(3)20-2/h4,9,12,14H,1,5-8,10-11,17-18H2,2-3H3. The number of hydrogen-bond acceptors (Lipinski definition) is 4. The van der Waals surface area contributed by atoms with Crippen molar-refractivity contribution in [1.82, 2.24) is 4.90 Å². The van der Waals surface area contributed by atoms with E-state index in [0.717, 1.165) is 24.8 Å². The Morgan fingerprint density at radius 3 is 3.05 bits per heavy atom. The summed E-state index contributed by atoms with van der Waals surface area (Å²) in [6, 6.07) is 0. The van der Waals surface area contributed by atoms with Crippen LogP contribution in [0.1, 0.15) is 32.1 Å². The Balaban J connectivity index is 1.96. The summed E-state index contributed by atoms with van der Waals surface area (Å²) in [5, 5.41) is 0. The van der Waals surface area contributed by atoms with Crippen molar-refractivity contribution in [3.63, 3.8) is 0 Å². The minimum atomic E-state index is -0.272. The zero-order valence-corrected chi connectivity index (χ0v) is 14.1. The molecular formula is C16H28N3OP. The Morgan fingerprint density at radius 1 is 1.62 bits per heavy atom. The fourth-order valence-corrected chi connectivity index (χ4v) is 4.05. The van der Waals surface area contributed by atoms with Crippen LogP contribution in [0.2, 0.25) is 0 Å². The molecule has 4 nitrogen and oxygen atoms in total. The third-order valence-corrected chi connectivity index (χ3v) is 6.13. The zero-order chi connectivity index (χ0) is 15.5. The maximum Gasteiger partial charge on any atom is 0.0923 e. The molecule has 0 spiro atoms. The molecule has 1 heterocycles. The maximum atomic E-state index is 6.66. The molecule has 1 saturated carbocycles. The van der Waals surface area contributed by atoms with E-state index >= 15 is 0 Å². The third-order valence-electron chi connectivity index (χ3n) is 4.62. The Bertz CT molecular complexity index is 449. The van der Waals surface area contributed by atoms with Crippen molar-refractivity contribution < 1.29 is 4.52 Å². The minimum absolute atomic E-state index is 0.264. The molecule has 4 N–H and O–H groups in total. The molecule has 0 amide bonds. The van der Waals surface area contributed by atoms with Crippen LogP contribution < -0.4 is 11.5 Å². The van der Waals surface area contributed by atoms with E-state index < -0.39 is 0 Å². The van der Waals surface area contributed by atoms with Gasteiger partial charge in [0.15, 0.2) is 0 Å². The predicted molar refractivity (Wildman–Crippen MR) is 90.6 cm³/mol. The van der Waals surface area contributed by atoms with Gasteiger partial charge in [-0.15, -0.1) is 0 Å². The highest BCUT2D eigenvalue weighted by Gasteiger charge is 2.39. The monoisotopic (exact) mass is 309 g/mol. The second-order valence-electron chi connectivity index (χ2n) is 6.21. The van der Waals surface area contributed by atoms with Crippen LogP contribution in [0.25, 0.3) is 0 Å². The molecule has 3 atom stereocenters. The van der Waals surface area contributed by atoms with Gasteiger partial charge >= 0.3 is 0 Å². The van der Waals surface area contributed by atoms with Crippen molar-refractivity contribution in [2.24, 2.45) is 17.4 Å². The molecule has 3 unspecified atom stereocenters. The summed E-state index contributed by atoms with van der Waals surface area (Å²) >= 11 is 0. The molecule has 0 bridgehead atoms. The van der Waals surface area contributed by atoms with Gasteiger partial charge < -0.3 is 20.9 Å². The van der Waals surface area contributed by atoms with Crippen LogP contribution in [0.4, 0.5) is 0 Å². The summed E-state index contributed by atoms with van der Waals surface area (Å²) in [5.74, 6) is 0.698. The first-order chi connectivity index (χ1) is 9.94. The van der Waals surface area contributed by atoms with Gasteiger partial charge in [0.1, 0.15) is 0 Å². The van der Waals surface area contributed by atoms with Crippen LogP contribution in [0.3, 0.4) is 0 Å². The lowest BCUT2D eigenvalue weighted by atomic mass is 10.0. The van der Waals surface area contributed by atoms with Crippen LogP contribution in [0, 0.1) is 5.92 Å². The second-order valence-corrected chi connectivity index (χ2v) is 8.28. The zero-order valence-electron chi connectivity index (χ0n) is 13.2. The molecule has 1 aliphatic carbocycles. The molecule has 1 fully saturated rings. The van der Waals surface area contributed by atoms with Gasteiger partial charge in [-0.25, -0.2) is 0 Å². The van der Waals surface area contributed by atoms with E-state index in [-0.39, 0.29) is 13.8 Å². The first-order valence-electron chi connectivity index (χ1n) is 7.59. The van der Waals surface area contributed by atoms with Crippen LogP contribution in [-0.4, -0.2) is 30.5 Å². The SMILES string of the molecule is C=C(N)C1=CN(C2(N)CCC(CCP(C)OC)C2)C=CC1. The Morgan fingerprint density at radius 2 is 2.38 bits per heavy atom. The molecule has 5 heteroatoms. The van der Waals surface area contributed by atoms with Gasteiger partial charge in [0.2, 0.25) is 0 Å². The highest BCUT2D eigenvalue weighted by molar-refractivity contribution is 7.51. The van der Waals surface area contributed by atoms with Crippen molar-refractivity contribution in [2.75, 3.05) is 19.9 Å². The molecule has 0 aromatic carbocycles. The van der Waals surface area contributed by atoms with E-state index in [1.165, 1.54) is 19.0 Å². The summed E-state index contributed by atoms with van der Waals surface area (Å²) in [6.07, 6.45) is 12.8. The van der Waals surface area contributed by atoms with Crippen molar-refractivity contribution in [1.29, 1.82) is 0 Å². The van der Waals surface area contributed by atoms with Crippen LogP contribution >= 0.6 is 8.15 Å². The largest absolute Gasteiger partial charge is 0.399 e. The van der Waals surface area contributed by atoms with Crippen molar-refractivity contribution in [3.05, 3.63) is 36.3 Å². The number of allylic oxidation sites excluding steroid dienone is 2. The molecule has 21 heavy (non-hydrogen) atoms. The summed E-state index contributed by atoms with van der Waals surface area (Å²) < 4.78 is 5.40. The molecule has 1 aliphatic heterocycles. The van der Waals surface area contributed by atoms with Gasteiger partial charge in [-0.2, -0.15) is 0 Å². The Labute approximate surface area is 129 Å². The average Bonchev–Trinajstić information content (AvgIpc) is 2.88. The van der Waals surface area contributed by atoms with Crippen molar-refractivity contribution >= 4 is 8.15 Å². The fourth-order valence-electron chi connectivity index (χ4n) is 3.14. The summed E-state index contributed by atoms with van der Waals surface area (Å²) in [6.45, 7) is 6.02. The molecule has 2 aliphatic rings. The lowest BCUT2D eigenvalue weighted by Gasteiger charge is -2.37. The molecular weight excluding hydrogens is 281 g/mol. The quantitative estimate of drug-likeness (QED) is 0.740. The molecule has 0 aromatic heterocycles. The van der Waals surface area contributed by atoms with E-state index in [9.17, 15) is 0 Å². The number of nitrogens with two attached hydrogens (primary N) is 2. The topological polar surface area (TPSA) is 64.5 Å². The first kappa shape index (κ1) is 16.5. The molecule has 2 rings (SSSR count). The lowest BCUT2D eigenvalue weighted by Crippen LogP contribution is -2.50. The van der Waals surface area contributed by atoms with Crippen LogP contribution in [0.15, 0.2) is 36.3 Å². The van der Waals surface area contributed by atoms with Gasteiger partial charge in [0.25, 0.3) is 0 Å². The summed E-state index contributed by atoms with van der Waals surface area (Å²) in [4.78, 5) is 2.15. The highest BCUT2D eigenvalue weighted by atomic mass is 31.1. The fraction of sp³-hybridized carbons (Fsp3) is 0.625. The molecule has 0 aromatic rings.